The maximum atomic E-state index is 11.3. The zero-order valence-corrected chi connectivity index (χ0v) is 7.77. The van der Waals surface area contributed by atoms with Crippen LogP contribution >= 0.6 is 0 Å². The van der Waals surface area contributed by atoms with Crippen LogP contribution in [0.3, 0.4) is 0 Å². The Bertz CT molecular complexity index is 508. The number of nitrogens with one attached hydrogen (secondary N) is 2. The van der Waals surface area contributed by atoms with Crippen molar-refractivity contribution in [1.82, 2.24) is 9.97 Å². The maximum Gasteiger partial charge on any atom is 0.278 e. The van der Waals surface area contributed by atoms with Gasteiger partial charge in [-0.05, 0) is 12.1 Å². The first-order chi connectivity index (χ1) is 7.27. The molecule has 1 aromatic heterocycles. The minimum absolute atomic E-state index is 0.0451. The van der Waals surface area contributed by atoms with Crippen molar-refractivity contribution >= 4 is 11.4 Å². The highest BCUT2D eigenvalue weighted by atomic mass is 16.3. The first-order valence-electron chi connectivity index (χ1n) is 4.36. The predicted octanol–water partition coefficient (Wildman–Crippen LogP) is 1.22. The van der Waals surface area contributed by atoms with Crippen molar-refractivity contribution in [2.75, 3.05) is 5.32 Å². The number of nitrogens with zero attached hydrogens (tertiary/aromatic N) is 1. The molecule has 0 amide bonds. The molecule has 3 N–H and O–H groups in total. The number of H-pyrrole nitrogens is 1. The summed E-state index contributed by atoms with van der Waals surface area (Å²) in [4.78, 5) is 17.3. The van der Waals surface area contributed by atoms with Crippen molar-refractivity contribution < 1.29 is 5.11 Å². The van der Waals surface area contributed by atoms with Crippen LogP contribution in [0.2, 0.25) is 0 Å². The molecule has 0 atom stereocenters. The minimum Gasteiger partial charge on any atom is -0.492 e. The van der Waals surface area contributed by atoms with Crippen LogP contribution in [-0.2, 0) is 0 Å². The average molecular weight is 203 g/mol. The van der Waals surface area contributed by atoms with Crippen LogP contribution in [-0.4, -0.2) is 15.1 Å². The lowest BCUT2D eigenvalue weighted by Crippen LogP contribution is -2.11. The van der Waals surface area contributed by atoms with Gasteiger partial charge in [-0.2, -0.15) is 0 Å². The molecule has 0 aliphatic carbocycles. The number of hydrogen-bond donors (Lipinski definition) is 3. The molecule has 0 saturated carbocycles. The van der Waals surface area contributed by atoms with E-state index in [1.165, 1.54) is 0 Å². The summed E-state index contributed by atoms with van der Waals surface area (Å²) in [6.07, 6.45) is 1.15. The molecule has 0 saturated heterocycles. The van der Waals surface area contributed by atoms with E-state index in [-0.39, 0.29) is 11.6 Å². The lowest BCUT2D eigenvalue weighted by Gasteiger charge is -2.05. The van der Waals surface area contributed by atoms with E-state index in [4.69, 9.17) is 0 Å². The molecule has 0 aliphatic heterocycles. The molecule has 2 aromatic rings. The SMILES string of the molecule is O=c1[nH]cnc(O)c1Nc1ccccc1. The molecular formula is C10H9N3O2. The van der Waals surface area contributed by atoms with Crippen molar-refractivity contribution in [2.24, 2.45) is 0 Å². The largest absolute Gasteiger partial charge is 0.492 e. The summed E-state index contributed by atoms with van der Waals surface area (Å²) >= 11 is 0. The van der Waals surface area contributed by atoms with E-state index < -0.39 is 5.56 Å². The van der Waals surface area contributed by atoms with Crippen LogP contribution in [0.25, 0.3) is 0 Å². The summed E-state index contributed by atoms with van der Waals surface area (Å²) in [7, 11) is 0. The van der Waals surface area contributed by atoms with Gasteiger partial charge in [-0.15, -0.1) is 0 Å². The lowest BCUT2D eigenvalue weighted by atomic mass is 10.3. The van der Waals surface area contributed by atoms with Gasteiger partial charge in [0.05, 0.1) is 6.33 Å². The van der Waals surface area contributed by atoms with Crippen molar-refractivity contribution in [3.8, 4) is 5.88 Å². The van der Waals surface area contributed by atoms with E-state index in [2.05, 4.69) is 15.3 Å². The third kappa shape index (κ3) is 1.96. The number of aromatic amines is 1. The minimum atomic E-state index is -0.411. The number of aromatic hydroxyl groups is 1. The fraction of sp³-hybridized carbons (Fsp3) is 0. The highest BCUT2D eigenvalue weighted by Gasteiger charge is 2.06. The molecule has 5 heteroatoms. The van der Waals surface area contributed by atoms with Gasteiger partial charge in [0.15, 0.2) is 5.69 Å². The molecule has 0 aliphatic rings. The van der Waals surface area contributed by atoms with Gasteiger partial charge in [-0.25, -0.2) is 4.98 Å². The van der Waals surface area contributed by atoms with Crippen molar-refractivity contribution in [2.45, 2.75) is 0 Å². The maximum absolute atomic E-state index is 11.3. The summed E-state index contributed by atoms with van der Waals surface area (Å²) in [6.45, 7) is 0. The Kier molecular flexibility index (Phi) is 2.37. The number of benzene rings is 1. The first kappa shape index (κ1) is 9.26. The van der Waals surface area contributed by atoms with Crippen molar-refractivity contribution in [3.63, 3.8) is 0 Å². The summed E-state index contributed by atoms with van der Waals surface area (Å²) in [5, 5.41) is 12.1. The Labute approximate surface area is 85.4 Å². The molecule has 15 heavy (non-hydrogen) atoms. The quantitative estimate of drug-likeness (QED) is 0.685. The fourth-order valence-electron chi connectivity index (χ4n) is 1.17. The van der Waals surface area contributed by atoms with Crippen LogP contribution in [0.15, 0.2) is 41.5 Å². The van der Waals surface area contributed by atoms with E-state index in [9.17, 15) is 9.90 Å². The molecule has 0 fully saturated rings. The van der Waals surface area contributed by atoms with Crippen LogP contribution < -0.4 is 10.9 Å². The smallest absolute Gasteiger partial charge is 0.278 e. The zero-order valence-electron chi connectivity index (χ0n) is 7.77. The molecule has 5 nitrogen and oxygen atoms in total. The van der Waals surface area contributed by atoms with Gasteiger partial charge in [0.25, 0.3) is 5.56 Å². The number of anilines is 2. The third-order valence-electron chi connectivity index (χ3n) is 1.88. The van der Waals surface area contributed by atoms with Crippen LogP contribution in [0, 0.1) is 0 Å². The van der Waals surface area contributed by atoms with E-state index in [0.29, 0.717) is 5.69 Å². The van der Waals surface area contributed by atoms with Crippen LogP contribution in [0.5, 0.6) is 5.88 Å². The number of para-hydroxylation sites is 1. The molecule has 1 aromatic carbocycles. The fourth-order valence-corrected chi connectivity index (χ4v) is 1.17. The summed E-state index contributed by atoms with van der Waals surface area (Å²) in [5.41, 5.74) is 0.348. The molecular weight excluding hydrogens is 194 g/mol. The first-order valence-corrected chi connectivity index (χ1v) is 4.36. The van der Waals surface area contributed by atoms with E-state index >= 15 is 0 Å². The van der Waals surface area contributed by atoms with Crippen LogP contribution in [0.1, 0.15) is 0 Å². The lowest BCUT2D eigenvalue weighted by molar-refractivity contribution is 0.454. The molecule has 0 unspecified atom stereocenters. The molecule has 0 radical (unpaired) electrons. The summed E-state index contributed by atoms with van der Waals surface area (Å²) in [5.74, 6) is -0.317. The van der Waals surface area contributed by atoms with Gasteiger partial charge >= 0.3 is 0 Å². The Morgan fingerprint density at radius 3 is 2.67 bits per heavy atom. The second-order valence-electron chi connectivity index (χ2n) is 2.92. The predicted molar refractivity (Wildman–Crippen MR) is 56.2 cm³/mol. The number of aromatic nitrogens is 2. The highest BCUT2D eigenvalue weighted by Crippen LogP contribution is 2.18. The topological polar surface area (TPSA) is 78.0 Å². The van der Waals surface area contributed by atoms with Gasteiger partial charge in [0.2, 0.25) is 5.88 Å². The van der Waals surface area contributed by atoms with E-state index in [1.54, 1.807) is 12.1 Å². The van der Waals surface area contributed by atoms with Crippen molar-refractivity contribution in [3.05, 3.63) is 47.0 Å². The molecule has 76 valence electrons. The Hall–Kier alpha value is -2.30. The van der Waals surface area contributed by atoms with E-state index in [0.717, 1.165) is 6.33 Å². The van der Waals surface area contributed by atoms with Crippen molar-refractivity contribution in [1.29, 1.82) is 0 Å². The monoisotopic (exact) mass is 203 g/mol. The normalized spacial score (nSPS) is 9.87. The van der Waals surface area contributed by atoms with Gasteiger partial charge in [-0.3, -0.25) is 4.79 Å². The second-order valence-corrected chi connectivity index (χ2v) is 2.92. The average Bonchev–Trinajstić information content (AvgIpc) is 2.25. The van der Waals surface area contributed by atoms with Crippen LogP contribution in [0.4, 0.5) is 11.4 Å². The Morgan fingerprint density at radius 2 is 2.00 bits per heavy atom. The number of rotatable bonds is 2. The molecule has 2 rings (SSSR count). The zero-order chi connectivity index (χ0) is 10.7. The summed E-state index contributed by atoms with van der Waals surface area (Å²) in [6, 6.07) is 9.07. The Morgan fingerprint density at radius 1 is 1.27 bits per heavy atom. The highest BCUT2D eigenvalue weighted by molar-refractivity contribution is 5.62. The van der Waals surface area contributed by atoms with Gasteiger partial charge in [-0.1, -0.05) is 18.2 Å². The third-order valence-corrected chi connectivity index (χ3v) is 1.88. The van der Waals surface area contributed by atoms with E-state index in [1.807, 2.05) is 18.2 Å². The molecule has 0 bridgehead atoms. The van der Waals surface area contributed by atoms with Gasteiger partial charge in [0.1, 0.15) is 0 Å². The number of hydrogen-bond acceptors (Lipinski definition) is 4. The second kappa shape index (κ2) is 3.83. The summed E-state index contributed by atoms with van der Waals surface area (Å²) < 4.78 is 0. The Balaban J connectivity index is 2.37. The van der Waals surface area contributed by atoms with Gasteiger partial charge < -0.3 is 15.4 Å². The van der Waals surface area contributed by atoms with Gasteiger partial charge in [0, 0.05) is 5.69 Å². The molecule has 0 spiro atoms. The standard InChI is InChI=1S/C10H9N3O2/c14-9-8(10(15)12-6-11-9)13-7-4-2-1-3-5-7/h1-6,13H,(H2,11,12,14,15). The molecule has 1 heterocycles.